The lowest BCUT2D eigenvalue weighted by atomic mass is 10.0. The van der Waals surface area contributed by atoms with Crippen LogP contribution in [0, 0.1) is 0 Å². The molecule has 1 aromatic carbocycles. The van der Waals surface area contributed by atoms with Crippen molar-refractivity contribution in [1.29, 1.82) is 0 Å². The Morgan fingerprint density at radius 3 is 2.62 bits per heavy atom. The van der Waals surface area contributed by atoms with E-state index < -0.39 is 0 Å². The Kier molecular flexibility index (Phi) is 5.81. The van der Waals surface area contributed by atoms with Crippen LogP contribution in [0.2, 0.25) is 0 Å². The van der Waals surface area contributed by atoms with Gasteiger partial charge >= 0.3 is 0 Å². The van der Waals surface area contributed by atoms with E-state index in [4.69, 9.17) is 4.74 Å². The van der Waals surface area contributed by atoms with Crippen molar-refractivity contribution in [2.24, 2.45) is 0 Å². The predicted octanol–water partition coefficient (Wildman–Crippen LogP) is 3.20. The van der Waals surface area contributed by atoms with E-state index in [1.165, 1.54) is 5.56 Å². The molecule has 0 aliphatic carbocycles. The van der Waals surface area contributed by atoms with E-state index in [1.807, 2.05) is 12.3 Å². The molecule has 2 aromatic rings. The van der Waals surface area contributed by atoms with Gasteiger partial charge in [-0.25, -0.2) is 0 Å². The zero-order valence-electron chi connectivity index (χ0n) is 13.2. The molecule has 4 nitrogen and oxygen atoms in total. The minimum Gasteiger partial charge on any atom is -0.493 e. The summed E-state index contributed by atoms with van der Waals surface area (Å²) in [4.78, 5) is 0. The fourth-order valence-electron chi connectivity index (χ4n) is 2.64. The third-order valence-corrected chi connectivity index (χ3v) is 3.56. The van der Waals surface area contributed by atoms with Crippen LogP contribution in [0.15, 0.2) is 36.5 Å². The van der Waals surface area contributed by atoms with Crippen LogP contribution in [0.1, 0.15) is 37.6 Å². The zero-order valence-corrected chi connectivity index (χ0v) is 13.2. The quantitative estimate of drug-likeness (QED) is 0.810. The van der Waals surface area contributed by atoms with Crippen molar-refractivity contribution in [2.75, 3.05) is 13.7 Å². The van der Waals surface area contributed by atoms with Crippen molar-refractivity contribution >= 4 is 0 Å². The van der Waals surface area contributed by atoms with Gasteiger partial charge in [-0.2, -0.15) is 5.10 Å². The molecule has 2 rings (SSSR count). The maximum absolute atomic E-state index is 5.51. The summed E-state index contributed by atoms with van der Waals surface area (Å²) >= 11 is 0. The molecule has 0 spiro atoms. The average molecular weight is 287 g/mol. The first kappa shape index (κ1) is 15.6. The molecule has 0 fully saturated rings. The Bertz CT molecular complexity index is 536. The number of ether oxygens (including phenoxy) is 1. The number of nitrogens with one attached hydrogen (secondary N) is 1. The van der Waals surface area contributed by atoms with Crippen molar-refractivity contribution in [3.63, 3.8) is 0 Å². The number of rotatable bonds is 8. The number of likely N-dealkylation sites (N-methyl/N-ethyl adjacent to an activating group) is 1. The maximum Gasteiger partial charge on any atom is 0.161 e. The minimum absolute atomic E-state index is 0.210. The molecule has 1 aromatic heterocycles. The number of nitrogens with zero attached hydrogens (tertiary/aromatic N) is 2. The van der Waals surface area contributed by atoms with Gasteiger partial charge in [0.2, 0.25) is 0 Å². The van der Waals surface area contributed by atoms with E-state index in [2.05, 4.69) is 53.2 Å². The molecular formula is C17H25N3O. The summed E-state index contributed by atoms with van der Waals surface area (Å²) in [6, 6.07) is 10.8. The average Bonchev–Trinajstić information content (AvgIpc) is 2.91. The number of hydrogen-bond donors (Lipinski definition) is 1. The van der Waals surface area contributed by atoms with Crippen LogP contribution < -0.4 is 10.1 Å². The monoisotopic (exact) mass is 287 g/mol. The van der Waals surface area contributed by atoms with Gasteiger partial charge in [0.15, 0.2) is 5.75 Å². The summed E-state index contributed by atoms with van der Waals surface area (Å²) in [5.74, 6) is 0.866. The highest BCUT2D eigenvalue weighted by atomic mass is 16.5. The van der Waals surface area contributed by atoms with Crippen molar-refractivity contribution in [3.8, 4) is 5.75 Å². The van der Waals surface area contributed by atoms with Gasteiger partial charge in [0.1, 0.15) is 0 Å². The molecule has 1 unspecified atom stereocenters. The van der Waals surface area contributed by atoms with Gasteiger partial charge in [0, 0.05) is 6.54 Å². The van der Waals surface area contributed by atoms with E-state index in [0.717, 1.165) is 37.4 Å². The number of aromatic nitrogens is 2. The fraction of sp³-hybridized carbons (Fsp3) is 0.471. The molecule has 1 N–H and O–H groups in total. The van der Waals surface area contributed by atoms with Crippen molar-refractivity contribution in [1.82, 2.24) is 15.1 Å². The van der Waals surface area contributed by atoms with Gasteiger partial charge < -0.3 is 10.1 Å². The lowest BCUT2D eigenvalue weighted by molar-refractivity contribution is 0.390. The first-order valence-electron chi connectivity index (χ1n) is 7.67. The summed E-state index contributed by atoms with van der Waals surface area (Å²) in [6.45, 7) is 6.12. The van der Waals surface area contributed by atoms with Crippen LogP contribution >= 0.6 is 0 Å². The molecule has 21 heavy (non-hydrogen) atoms. The lowest BCUT2D eigenvalue weighted by Gasteiger charge is -2.20. The van der Waals surface area contributed by atoms with Crippen LogP contribution in [0.4, 0.5) is 0 Å². The SMILES string of the molecule is CCCn1ncc(OC)c1C(Cc1ccccc1)NCC. The molecule has 0 aliphatic rings. The third-order valence-electron chi connectivity index (χ3n) is 3.56. The molecule has 1 heterocycles. The number of aryl methyl sites for hydroxylation is 1. The Balaban J connectivity index is 2.30. The molecule has 0 bridgehead atoms. The molecule has 1 atom stereocenters. The lowest BCUT2D eigenvalue weighted by Crippen LogP contribution is -2.26. The molecule has 0 saturated heterocycles. The summed E-state index contributed by atoms with van der Waals surface area (Å²) in [5.41, 5.74) is 2.46. The van der Waals surface area contributed by atoms with Crippen LogP contribution in [-0.2, 0) is 13.0 Å². The van der Waals surface area contributed by atoms with Gasteiger partial charge in [-0.15, -0.1) is 0 Å². The predicted molar refractivity (Wildman–Crippen MR) is 85.6 cm³/mol. The van der Waals surface area contributed by atoms with Crippen LogP contribution in [0.25, 0.3) is 0 Å². The topological polar surface area (TPSA) is 39.1 Å². The number of benzene rings is 1. The zero-order chi connectivity index (χ0) is 15.1. The molecular weight excluding hydrogens is 262 g/mol. The Morgan fingerprint density at radius 2 is 2.00 bits per heavy atom. The second-order valence-electron chi connectivity index (χ2n) is 5.12. The van der Waals surface area contributed by atoms with Crippen LogP contribution in [0.3, 0.4) is 0 Å². The normalized spacial score (nSPS) is 12.3. The van der Waals surface area contributed by atoms with Crippen LogP contribution in [-0.4, -0.2) is 23.4 Å². The number of hydrogen-bond acceptors (Lipinski definition) is 3. The summed E-state index contributed by atoms with van der Waals surface area (Å²) < 4.78 is 7.58. The van der Waals surface area contributed by atoms with E-state index in [-0.39, 0.29) is 6.04 Å². The maximum atomic E-state index is 5.51. The Morgan fingerprint density at radius 1 is 1.24 bits per heavy atom. The highest BCUT2D eigenvalue weighted by Gasteiger charge is 2.21. The first-order chi connectivity index (χ1) is 10.3. The summed E-state index contributed by atoms with van der Waals surface area (Å²) in [7, 11) is 1.71. The van der Waals surface area contributed by atoms with Gasteiger partial charge in [-0.3, -0.25) is 4.68 Å². The molecule has 0 radical (unpaired) electrons. The highest BCUT2D eigenvalue weighted by molar-refractivity contribution is 5.30. The van der Waals surface area contributed by atoms with E-state index in [0.29, 0.717) is 0 Å². The van der Waals surface area contributed by atoms with Gasteiger partial charge in [0.05, 0.1) is 25.0 Å². The van der Waals surface area contributed by atoms with Gasteiger partial charge in [0.25, 0.3) is 0 Å². The molecule has 114 valence electrons. The Labute approximate surface area is 127 Å². The molecule has 0 saturated carbocycles. The second-order valence-corrected chi connectivity index (χ2v) is 5.12. The molecule has 0 amide bonds. The number of methoxy groups -OCH3 is 1. The summed E-state index contributed by atoms with van der Waals surface area (Å²) in [6.07, 6.45) is 3.81. The third kappa shape index (κ3) is 3.85. The summed E-state index contributed by atoms with van der Waals surface area (Å²) in [5, 5.41) is 8.04. The van der Waals surface area contributed by atoms with Crippen molar-refractivity contribution in [2.45, 2.75) is 39.3 Å². The van der Waals surface area contributed by atoms with Crippen molar-refractivity contribution < 1.29 is 4.74 Å². The second kappa shape index (κ2) is 7.84. The van der Waals surface area contributed by atoms with E-state index in [1.54, 1.807) is 7.11 Å². The van der Waals surface area contributed by atoms with Gasteiger partial charge in [-0.05, 0) is 24.9 Å². The van der Waals surface area contributed by atoms with E-state index >= 15 is 0 Å². The molecule has 0 aliphatic heterocycles. The van der Waals surface area contributed by atoms with E-state index in [9.17, 15) is 0 Å². The standard InChI is InChI=1S/C17H25N3O/c1-4-11-20-17(16(21-3)13-19-20)15(18-5-2)12-14-9-7-6-8-10-14/h6-10,13,15,18H,4-5,11-12H2,1-3H3. The molecule has 4 heteroatoms. The van der Waals surface area contributed by atoms with Gasteiger partial charge in [-0.1, -0.05) is 44.2 Å². The minimum atomic E-state index is 0.210. The fourth-order valence-corrected chi connectivity index (χ4v) is 2.64. The van der Waals surface area contributed by atoms with Crippen molar-refractivity contribution in [3.05, 3.63) is 47.8 Å². The Hall–Kier alpha value is -1.81. The highest BCUT2D eigenvalue weighted by Crippen LogP contribution is 2.27. The first-order valence-corrected chi connectivity index (χ1v) is 7.67. The largest absolute Gasteiger partial charge is 0.493 e. The smallest absolute Gasteiger partial charge is 0.161 e. The van der Waals surface area contributed by atoms with Crippen LogP contribution in [0.5, 0.6) is 5.75 Å².